The molecular formula is C13H18N4. The number of nitrogens with one attached hydrogen (secondary N) is 2. The lowest BCUT2D eigenvalue weighted by Gasteiger charge is -2.25. The Morgan fingerprint density at radius 3 is 3.00 bits per heavy atom. The zero-order valence-corrected chi connectivity index (χ0v) is 10.4. The molecule has 2 aromatic heterocycles. The summed E-state index contributed by atoms with van der Waals surface area (Å²) in [7, 11) is 0. The molecule has 4 heteroatoms. The third kappa shape index (κ3) is 1.55. The molecule has 1 unspecified atom stereocenters. The molecule has 1 atom stereocenters. The summed E-state index contributed by atoms with van der Waals surface area (Å²) in [4.78, 5) is 12.5. The summed E-state index contributed by atoms with van der Waals surface area (Å²) < 4.78 is 0. The molecule has 0 spiro atoms. The van der Waals surface area contributed by atoms with Gasteiger partial charge in [0, 0.05) is 6.20 Å². The fraction of sp³-hybridized carbons (Fsp3) is 0.538. The van der Waals surface area contributed by atoms with Crippen LogP contribution in [0.1, 0.15) is 37.6 Å². The van der Waals surface area contributed by atoms with Crippen LogP contribution in [0.5, 0.6) is 0 Å². The monoisotopic (exact) mass is 230 g/mol. The van der Waals surface area contributed by atoms with Crippen LogP contribution in [0.3, 0.4) is 0 Å². The Kier molecular flexibility index (Phi) is 2.40. The van der Waals surface area contributed by atoms with Crippen LogP contribution in [-0.4, -0.2) is 21.5 Å². The predicted octanol–water partition coefficient (Wildman–Crippen LogP) is 2.26. The van der Waals surface area contributed by atoms with E-state index in [9.17, 15) is 0 Å². The summed E-state index contributed by atoms with van der Waals surface area (Å²) >= 11 is 0. The summed E-state index contributed by atoms with van der Waals surface area (Å²) in [6.07, 6.45) is 5.26. The first-order chi connectivity index (χ1) is 8.25. The topological polar surface area (TPSA) is 53.6 Å². The maximum atomic E-state index is 4.67. The van der Waals surface area contributed by atoms with Crippen molar-refractivity contribution in [2.45, 2.75) is 38.6 Å². The van der Waals surface area contributed by atoms with Gasteiger partial charge in [0.2, 0.25) is 0 Å². The van der Waals surface area contributed by atoms with E-state index in [1.807, 2.05) is 12.3 Å². The van der Waals surface area contributed by atoms with Crippen molar-refractivity contribution in [1.82, 2.24) is 20.3 Å². The highest BCUT2D eigenvalue weighted by molar-refractivity contribution is 5.74. The molecule has 90 valence electrons. The number of fused-ring (bicyclic) bond motifs is 1. The first-order valence-corrected chi connectivity index (χ1v) is 6.32. The molecule has 2 aromatic rings. The Morgan fingerprint density at radius 1 is 1.47 bits per heavy atom. The van der Waals surface area contributed by atoms with E-state index in [4.69, 9.17) is 0 Å². The number of H-pyrrole nitrogens is 1. The van der Waals surface area contributed by atoms with Crippen molar-refractivity contribution in [3.8, 4) is 0 Å². The van der Waals surface area contributed by atoms with E-state index in [0.717, 1.165) is 36.4 Å². The number of hydrogen-bond acceptors (Lipinski definition) is 3. The zero-order chi connectivity index (χ0) is 11.9. The molecule has 0 amide bonds. The average molecular weight is 230 g/mol. The highest BCUT2D eigenvalue weighted by atomic mass is 15.1. The average Bonchev–Trinajstić information content (AvgIpc) is 2.96. The summed E-state index contributed by atoms with van der Waals surface area (Å²) in [5, 5.41) is 3.59. The van der Waals surface area contributed by atoms with E-state index < -0.39 is 0 Å². The first-order valence-electron chi connectivity index (χ1n) is 6.32. The van der Waals surface area contributed by atoms with Crippen molar-refractivity contribution < 1.29 is 0 Å². The molecule has 0 bridgehead atoms. The van der Waals surface area contributed by atoms with Crippen LogP contribution in [0.4, 0.5) is 0 Å². The fourth-order valence-electron chi connectivity index (χ4n) is 2.74. The van der Waals surface area contributed by atoms with E-state index >= 15 is 0 Å². The number of aromatic amines is 1. The van der Waals surface area contributed by atoms with E-state index in [0.29, 0.717) is 0 Å². The van der Waals surface area contributed by atoms with Gasteiger partial charge in [-0.3, -0.25) is 0 Å². The molecule has 0 saturated carbocycles. The number of rotatable bonds is 2. The number of aryl methyl sites for hydroxylation is 1. The van der Waals surface area contributed by atoms with Gasteiger partial charge in [0.05, 0.1) is 11.1 Å². The van der Waals surface area contributed by atoms with Crippen LogP contribution in [0.25, 0.3) is 11.2 Å². The minimum atomic E-state index is 0.0349. The minimum absolute atomic E-state index is 0.0349. The molecular weight excluding hydrogens is 212 g/mol. The van der Waals surface area contributed by atoms with Crippen molar-refractivity contribution in [2.24, 2.45) is 0 Å². The maximum absolute atomic E-state index is 4.67. The summed E-state index contributed by atoms with van der Waals surface area (Å²) in [5.74, 6) is 1.05. The standard InChI is InChI=1S/C13H18N4/c1-3-13(6-4-7-15-13)12-16-10-9(2)5-8-14-11(10)17-12/h5,8,15H,3-4,6-7H2,1-2H3,(H,14,16,17). The van der Waals surface area contributed by atoms with E-state index in [-0.39, 0.29) is 5.54 Å². The predicted molar refractivity (Wildman–Crippen MR) is 67.8 cm³/mol. The highest BCUT2D eigenvalue weighted by Gasteiger charge is 2.36. The van der Waals surface area contributed by atoms with Crippen molar-refractivity contribution in [2.75, 3.05) is 6.54 Å². The second kappa shape index (κ2) is 3.81. The number of imidazole rings is 1. The van der Waals surface area contributed by atoms with Gasteiger partial charge >= 0.3 is 0 Å². The molecule has 17 heavy (non-hydrogen) atoms. The van der Waals surface area contributed by atoms with Crippen LogP contribution in [-0.2, 0) is 5.54 Å². The lowest BCUT2D eigenvalue weighted by atomic mass is 9.93. The molecule has 4 nitrogen and oxygen atoms in total. The summed E-state index contributed by atoms with van der Waals surface area (Å²) in [6.45, 7) is 5.38. The van der Waals surface area contributed by atoms with Gasteiger partial charge in [-0.05, 0) is 44.4 Å². The SMILES string of the molecule is CCC1(c2nc3nccc(C)c3[nH]2)CCCN1. The zero-order valence-electron chi connectivity index (χ0n) is 10.4. The lowest BCUT2D eigenvalue weighted by Crippen LogP contribution is -2.37. The lowest BCUT2D eigenvalue weighted by molar-refractivity contribution is 0.356. The van der Waals surface area contributed by atoms with Crippen LogP contribution < -0.4 is 5.32 Å². The molecule has 3 rings (SSSR count). The quantitative estimate of drug-likeness (QED) is 0.832. The largest absolute Gasteiger partial charge is 0.339 e. The Morgan fingerprint density at radius 2 is 2.35 bits per heavy atom. The number of nitrogens with zero attached hydrogens (tertiary/aromatic N) is 2. The number of pyridine rings is 1. The first kappa shape index (κ1) is 10.7. The Bertz CT molecular complexity index is 537. The van der Waals surface area contributed by atoms with Gasteiger partial charge < -0.3 is 10.3 Å². The normalized spacial score (nSPS) is 24.6. The maximum Gasteiger partial charge on any atom is 0.178 e. The van der Waals surface area contributed by atoms with E-state index in [1.165, 1.54) is 12.0 Å². The smallest absolute Gasteiger partial charge is 0.178 e. The van der Waals surface area contributed by atoms with E-state index in [2.05, 4.69) is 34.1 Å². The third-order valence-corrected chi connectivity index (χ3v) is 3.90. The molecule has 1 aliphatic rings. The molecule has 3 heterocycles. The Balaban J connectivity index is 2.14. The molecule has 0 aromatic carbocycles. The summed E-state index contributed by atoms with van der Waals surface area (Å²) in [6, 6.07) is 2.02. The van der Waals surface area contributed by atoms with Gasteiger partial charge in [-0.15, -0.1) is 0 Å². The van der Waals surface area contributed by atoms with Gasteiger partial charge in [-0.1, -0.05) is 6.92 Å². The van der Waals surface area contributed by atoms with Crippen molar-refractivity contribution in [3.05, 3.63) is 23.7 Å². The van der Waals surface area contributed by atoms with Gasteiger partial charge in [-0.25, -0.2) is 9.97 Å². The van der Waals surface area contributed by atoms with Crippen molar-refractivity contribution in [3.63, 3.8) is 0 Å². The van der Waals surface area contributed by atoms with Crippen molar-refractivity contribution >= 4 is 11.2 Å². The molecule has 2 N–H and O–H groups in total. The molecule has 1 fully saturated rings. The van der Waals surface area contributed by atoms with Gasteiger partial charge in [0.15, 0.2) is 5.65 Å². The highest BCUT2D eigenvalue weighted by Crippen LogP contribution is 2.33. The van der Waals surface area contributed by atoms with Crippen LogP contribution in [0, 0.1) is 6.92 Å². The minimum Gasteiger partial charge on any atom is -0.339 e. The molecule has 1 saturated heterocycles. The van der Waals surface area contributed by atoms with Gasteiger partial charge in [0.1, 0.15) is 5.82 Å². The van der Waals surface area contributed by atoms with E-state index in [1.54, 1.807) is 0 Å². The molecule has 0 aliphatic carbocycles. The second-order valence-corrected chi connectivity index (χ2v) is 4.88. The molecule has 0 radical (unpaired) electrons. The van der Waals surface area contributed by atoms with Crippen LogP contribution in [0.2, 0.25) is 0 Å². The second-order valence-electron chi connectivity index (χ2n) is 4.88. The number of aromatic nitrogens is 3. The van der Waals surface area contributed by atoms with Gasteiger partial charge in [0.25, 0.3) is 0 Å². The molecule has 1 aliphatic heterocycles. The third-order valence-electron chi connectivity index (χ3n) is 3.90. The van der Waals surface area contributed by atoms with Crippen molar-refractivity contribution in [1.29, 1.82) is 0 Å². The number of hydrogen-bond donors (Lipinski definition) is 2. The fourth-order valence-corrected chi connectivity index (χ4v) is 2.74. The Hall–Kier alpha value is -1.42. The summed E-state index contributed by atoms with van der Waals surface area (Å²) in [5.41, 5.74) is 3.15. The van der Waals surface area contributed by atoms with Crippen LogP contribution >= 0.6 is 0 Å². The Labute approximate surface area is 101 Å². The van der Waals surface area contributed by atoms with Gasteiger partial charge in [-0.2, -0.15) is 0 Å². The van der Waals surface area contributed by atoms with Crippen LogP contribution in [0.15, 0.2) is 12.3 Å².